The molecule has 0 atom stereocenters. The molecule has 0 aliphatic heterocycles. The van der Waals surface area contributed by atoms with Crippen LogP contribution in [0.3, 0.4) is 0 Å². The molecular formula is C22H17BrClNS. The van der Waals surface area contributed by atoms with Gasteiger partial charge in [0.2, 0.25) is 0 Å². The molecule has 1 aromatic heterocycles. The minimum atomic E-state index is 0.777. The quantitative estimate of drug-likeness (QED) is 0.291. The Bertz CT molecular complexity index is 1040. The zero-order valence-electron chi connectivity index (χ0n) is 14.0. The van der Waals surface area contributed by atoms with Crippen molar-refractivity contribution >= 4 is 50.2 Å². The van der Waals surface area contributed by atoms with Gasteiger partial charge in [-0.25, -0.2) is 0 Å². The molecule has 1 nitrogen and oxygen atoms in total. The summed E-state index contributed by atoms with van der Waals surface area (Å²) in [5.74, 6) is 0.952. The third-order valence-electron chi connectivity index (χ3n) is 4.36. The van der Waals surface area contributed by atoms with E-state index in [4.69, 9.17) is 11.6 Å². The number of nitrogens with zero attached hydrogens (tertiary/aromatic N) is 1. The predicted molar refractivity (Wildman–Crippen MR) is 116 cm³/mol. The van der Waals surface area contributed by atoms with Crippen LogP contribution in [0.1, 0.15) is 11.1 Å². The first-order valence-corrected chi connectivity index (χ1v) is 10.5. The van der Waals surface area contributed by atoms with Gasteiger partial charge in [0.25, 0.3) is 0 Å². The fourth-order valence-corrected chi connectivity index (χ4v) is 4.52. The number of benzene rings is 3. The Labute approximate surface area is 171 Å². The molecule has 26 heavy (non-hydrogen) atoms. The summed E-state index contributed by atoms with van der Waals surface area (Å²) in [5.41, 5.74) is 3.70. The zero-order chi connectivity index (χ0) is 17.9. The number of hydrogen-bond donors (Lipinski definition) is 0. The predicted octanol–water partition coefficient (Wildman–Crippen LogP) is 7.40. The molecule has 0 aliphatic rings. The summed E-state index contributed by atoms with van der Waals surface area (Å²) in [5, 5.41) is 2.11. The summed E-state index contributed by atoms with van der Waals surface area (Å²) in [7, 11) is 0. The zero-order valence-corrected chi connectivity index (χ0v) is 17.2. The lowest BCUT2D eigenvalue weighted by Gasteiger charge is -2.07. The van der Waals surface area contributed by atoms with E-state index < -0.39 is 0 Å². The summed E-state index contributed by atoms with van der Waals surface area (Å²) in [6, 6.07) is 25.1. The molecule has 4 rings (SSSR count). The van der Waals surface area contributed by atoms with Crippen molar-refractivity contribution < 1.29 is 0 Å². The molecule has 0 saturated carbocycles. The van der Waals surface area contributed by atoms with Crippen molar-refractivity contribution in [2.75, 3.05) is 0 Å². The molecule has 4 heteroatoms. The summed E-state index contributed by atoms with van der Waals surface area (Å²) >= 11 is 11.7. The number of aromatic nitrogens is 1. The van der Waals surface area contributed by atoms with E-state index in [9.17, 15) is 0 Å². The van der Waals surface area contributed by atoms with Crippen LogP contribution in [0.5, 0.6) is 0 Å². The third-order valence-corrected chi connectivity index (χ3v) is 6.37. The topological polar surface area (TPSA) is 4.93 Å². The van der Waals surface area contributed by atoms with Gasteiger partial charge in [-0.15, -0.1) is 11.8 Å². The molecule has 130 valence electrons. The second-order valence-electron chi connectivity index (χ2n) is 6.14. The molecule has 0 N–H and O–H groups in total. The third kappa shape index (κ3) is 3.85. The standard InChI is InChI=1S/C22H17BrClNS/c23-18-11-9-16(10-12-18)15-26-22-14-25(21-8-4-2-6-19(21)22)13-17-5-1-3-7-20(17)24/h1-12,14H,13,15H2. The second-order valence-corrected chi connectivity index (χ2v) is 8.49. The number of thioether (sulfide) groups is 1. The average Bonchev–Trinajstić information content (AvgIpc) is 3.01. The van der Waals surface area contributed by atoms with Gasteiger partial charge in [-0.05, 0) is 35.4 Å². The minimum Gasteiger partial charge on any atom is -0.342 e. The first-order valence-electron chi connectivity index (χ1n) is 8.39. The molecule has 0 radical (unpaired) electrons. The summed E-state index contributed by atoms with van der Waals surface area (Å²) < 4.78 is 3.41. The Kier molecular flexibility index (Phi) is 5.39. The Balaban J connectivity index is 1.63. The monoisotopic (exact) mass is 441 g/mol. The van der Waals surface area contributed by atoms with E-state index in [0.29, 0.717) is 0 Å². The van der Waals surface area contributed by atoms with E-state index in [2.05, 4.69) is 81.3 Å². The van der Waals surface area contributed by atoms with Crippen LogP contribution in [0.4, 0.5) is 0 Å². The fraction of sp³-hybridized carbons (Fsp3) is 0.0909. The maximum absolute atomic E-state index is 6.36. The minimum absolute atomic E-state index is 0.777. The van der Waals surface area contributed by atoms with Gasteiger partial charge < -0.3 is 4.57 Å². The van der Waals surface area contributed by atoms with E-state index in [1.807, 2.05) is 30.0 Å². The Hall–Kier alpha value is -1.68. The number of fused-ring (bicyclic) bond motifs is 1. The Morgan fingerprint density at radius 2 is 1.62 bits per heavy atom. The molecular weight excluding hydrogens is 426 g/mol. The van der Waals surface area contributed by atoms with Crippen LogP contribution in [-0.4, -0.2) is 4.57 Å². The van der Waals surface area contributed by atoms with Crippen LogP contribution in [0.25, 0.3) is 10.9 Å². The van der Waals surface area contributed by atoms with Crippen molar-refractivity contribution in [3.05, 3.63) is 99.6 Å². The molecule has 0 amide bonds. The summed E-state index contributed by atoms with van der Waals surface area (Å²) in [4.78, 5) is 1.30. The van der Waals surface area contributed by atoms with Gasteiger partial charge in [-0.1, -0.05) is 76.1 Å². The van der Waals surface area contributed by atoms with Gasteiger partial charge in [-0.3, -0.25) is 0 Å². The van der Waals surface area contributed by atoms with Crippen LogP contribution in [-0.2, 0) is 12.3 Å². The van der Waals surface area contributed by atoms with E-state index >= 15 is 0 Å². The van der Waals surface area contributed by atoms with Gasteiger partial charge in [0, 0.05) is 43.8 Å². The van der Waals surface area contributed by atoms with E-state index in [1.54, 1.807) is 0 Å². The Morgan fingerprint density at radius 3 is 2.42 bits per heavy atom. The van der Waals surface area contributed by atoms with Crippen LogP contribution < -0.4 is 0 Å². The average molecular weight is 443 g/mol. The van der Waals surface area contributed by atoms with Crippen LogP contribution >= 0.6 is 39.3 Å². The van der Waals surface area contributed by atoms with Crippen molar-refractivity contribution in [3.8, 4) is 0 Å². The second kappa shape index (κ2) is 7.91. The summed E-state index contributed by atoms with van der Waals surface area (Å²) in [6.45, 7) is 0.777. The molecule has 0 aliphatic carbocycles. The lowest BCUT2D eigenvalue weighted by atomic mass is 10.2. The molecule has 3 aromatic carbocycles. The van der Waals surface area contributed by atoms with E-state index in [-0.39, 0.29) is 0 Å². The van der Waals surface area contributed by atoms with Gasteiger partial charge in [0.15, 0.2) is 0 Å². The lowest BCUT2D eigenvalue weighted by Crippen LogP contribution is -1.98. The van der Waals surface area contributed by atoms with Crippen molar-refractivity contribution in [1.29, 1.82) is 0 Å². The maximum Gasteiger partial charge on any atom is 0.0495 e. The Morgan fingerprint density at radius 1 is 0.885 bits per heavy atom. The number of halogens is 2. The van der Waals surface area contributed by atoms with Gasteiger partial charge in [-0.2, -0.15) is 0 Å². The first kappa shape index (κ1) is 17.7. The summed E-state index contributed by atoms with van der Waals surface area (Å²) in [6.07, 6.45) is 2.25. The lowest BCUT2D eigenvalue weighted by molar-refractivity contribution is 0.830. The molecule has 0 saturated heterocycles. The fourth-order valence-electron chi connectivity index (χ4n) is 3.01. The normalized spacial score (nSPS) is 11.2. The molecule has 0 spiro atoms. The van der Waals surface area contributed by atoms with Gasteiger partial charge in [0.05, 0.1) is 0 Å². The molecule has 0 fully saturated rings. The van der Waals surface area contributed by atoms with Crippen LogP contribution in [0.15, 0.2) is 88.4 Å². The molecule has 1 heterocycles. The highest BCUT2D eigenvalue weighted by molar-refractivity contribution is 9.10. The van der Waals surface area contributed by atoms with Gasteiger partial charge >= 0.3 is 0 Å². The number of para-hydroxylation sites is 1. The molecule has 0 unspecified atom stereocenters. The van der Waals surface area contributed by atoms with E-state index in [1.165, 1.54) is 21.4 Å². The first-order chi connectivity index (χ1) is 12.7. The molecule has 0 bridgehead atoms. The van der Waals surface area contributed by atoms with E-state index in [0.717, 1.165) is 27.4 Å². The van der Waals surface area contributed by atoms with Crippen molar-refractivity contribution in [3.63, 3.8) is 0 Å². The van der Waals surface area contributed by atoms with Crippen LogP contribution in [0.2, 0.25) is 5.02 Å². The SMILES string of the molecule is Clc1ccccc1Cn1cc(SCc2ccc(Br)cc2)c2ccccc21. The highest BCUT2D eigenvalue weighted by Crippen LogP contribution is 2.33. The number of rotatable bonds is 5. The highest BCUT2D eigenvalue weighted by Gasteiger charge is 2.10. The van der Waals surface area contributed by atoms with Crippen molar-refractivity contribution in [2.24, 2.45) is 0 Å². The maximum atomic E-state index is 6.36. The number of hydrogen-bond acceptors (Lipinski definition) is 1. The van der Waals surface area contributed by atoms with Crippen molar-refractivity contribution in [2.45, 2.75) is 17.2 Å². The molecule has 4 aromatic rings. The smallest absolute Gasteiger partial charge is 0.0495 e. The largest absolute Gasteiger partial charge is 0.342 e. The van der Waals surface area contributed by atoms with Crippen LogP contribution in [0, 0.1) is 0 Å². The van der Waals surface area contributed by atoms with Gasteiger partial charge in [0.1, 0.15) is 0 Å². The van der Waals surface area contributed by atoms with Crippen molar-refractivity contribution in [1.82, 2.24) is 4.57 Å². The highest BCUT2D eigenvalue weighted by atomic mass is 79.9.